The number of aromatic nitrogens is 1. The van der Waals surface area contributed by atoms with Crippen molar-refractivity contribution in [2.75, 3.05) is 0 Å². The van der Waals surface area contributed by atoms with Crippen molar-refractivity contribution in [1.29, 1.82) is 0 Å². The lowest BCUT2D eigenvalue weighted by molar-refractivity contribution is 0.779. The Kier molecular flexibility index (Phi) is 2.55. The van der Waals surface area contributed by atoms with Crippen LogP contribution >= 0.6 is 0 Å². The molecule has 0 aliphatic carbocycles. The fourth-order valence-electron chi connectivity index (χ4n) is 1.08. The zero-order valence-corrected chi connectivity index (χ0v) is 6.78. The molecule has 1 heterocycles. The van der Waals surface area contributed by atoms with Gasteiger partial charge >= 0.3 is 0 Å². The minimum absolute atomic E-state index is 1.20. The average Bonchev–Trinajstić information content (AvgIpc) is 2.31. The number of nitrogens with one attached hydrogen (secondary N) is 1. The molecule has 0 bridgehead atoms. The van der Waals surface area contributed by atoms with Crippen molar-refractivity contribution in [3.8, 4) is 0 Å². The van der Waals surface area contributed by atoms with Crippen molar-refractivity contribution < 1.29 is 0 Å². The topological polar surface area (TPSA) is 15.8 Å². The molecule has 1 rings (SSSR count). The van der Waals surface area contributed by atoms with Gasteiger partial charge in [-0.25, -0.2) is 0 Å². The second-order valence-corrected chi connectivity index (χ2v) is 2.77. The molecule has 1 aromatic rings. The summed E-state index contributed by atoms with van der Waals surface area (Å²) in [7, 11) is 0. The van der Waals surface area contributed by atoms with E-state index in [1.54, 1.807) is 0 Å². The highest BCUT2D eigenvalue weighted by Crippen LogP contribution is 2.04. The Balaban J connectivity index is 2.42. The van der Waals surface area contributed by atoms with E-state index < -0.39 is 0 Å². The van der Waals surface area contributed by atoms with Crippen LogP contribution in [0.4, 0.5) is 0 Å². The first-order valence-electron chi connectivity index (χ1n) is 3.97. The Morgan fingerprint density at radius 2 is 2.20 bits per heavy atom. The van der Waals surface area contributed by atoms with Crippen molar-refractivity contribution in [3.05, 3.63) is 23.5 Å². The Morgan fingerprint density at radius 3 is 2.70 bits per heavy atom. The largest absolute Gasteiger partial charge is 0.363 e. The smallest absolute Gasteiger partial charge is 0.0149 e. The van der Waals surface area contributed by atoms with Gasteiger partial charge in [-0.1, -0.05) is 13.3 Å². The van der Waals surface area contributed by atoms with E-state index >= 15 is 0 Å². The van der Waals surface area contributed by atoms with Gasteiger partial charge in [0.05, 0.1) is 0 Å². The van der Waals surface area contributed by atoms with Crippen molar-refractivity contribution >= 4 is 0 Å². The van der Waals surface area contributed by atoms with Crippen LogP contribution in [-0.4, -0.2) is 4.98 Å². The van der Waals surface area contributed by atoms with Crippen LogP contribution in [0.3, 0.4) is 0 Å². The van der Waals surface area contributed by atoms with Crippen LogP contribution in [0.1, 0.15) is 31.2 Å². The summed E-state index contributed by atoms with van der Waals surface area (Å²) in [5.74, 6) is 0. The minimum atomic E-state index is 1.20. The zero-order valence-electron chi connectivity index (χ0n) is 6.78. The van der Waals surface area contributed by atoms with Gasteiger partial charge in [-0.15, -0.1) is 0 Å². The number of aryl methyl sites for hydroxylation is 2. The molecule has 0 saturated carbocycles. The van der Waals surface area contributed by atoms with Crippen LogP contribution in [0.5, 0.6) is 0 Å². The lowest BCUT2D eigenvalue weighted by atomic mass is 10.2. The van der Waals surface area contributed by atoms with Gasteiger partial charge in [0.25, 0.3) is 0 Å². The first kappa shape index (κ1) is 7.39. The highest BCUT2D eigenvalue weighted by molar-refractivity contribution is 5.11. The van der Waals surface area contributed by atoms with E-state index in [4.69, 9.17) is 0 Å². The van der Waals surface area contributed by atoms with Crippen LogP contribution < -0.4 is 0 Å². The van der Waals surface area contributed by atoms with Crippen LogP contribution in [-0.2, 0) is 6.42 Å². The van der Waals surface area contributed by atoms with Crippen molar-refractivity contribution in [2.24, 2.45) is 0 Å². The molecule has 0 amide bonds. The number of rotatable bonds is 3. The van der Waals surface area contributed by atoms with Crippen LogP contribution in [0, 0.1) is 6.92 Å². The molecule has 0 spiro atoms. The predicted octanol–water partition coefficient (Wildman–Crippen LogP) is 2.67. The van der Waals surface area contributed by atoms with Crippen LogP contribution in [0.25, 0.3) is 0 Å². The maximum atomic E-state index is 3.31. The number of hydrogen-bond acceptors (Lipinski definition) is 0. The Labute approximate surface area is 62.5 Å². The van der Waals surface area contributed by atoms with Gasteiger partial charge in [0, 0.05) is 11.4 Å². The van der Waals surface area contributed by atoms with Gasteiger partial charge in [0.2, 0.25) is 0 Å². The van der Waals surface area contributed by atoms with Gasteiger partial charge in [-0.2, -0.15) is 0 Å². The standard InChI is InChI=1S/C9H15N/c1-3-4-5-9-7-6-8(2)10-9/h6-7,10H,3-5H2,1-2H3. The van der Waals surface area contributed by atoms with Gasteiger partial charge in [0.15, 0.2) is 0 Å². The highest BCUT2D eigenvalue weighted by atomic mass is 14.7. The summed E-state index contributed by atoms with van der Waals surface area (Å²) >= 11 is 0. The molecule has 0 fully saturated rings. The normalized spacial score (nSPS) is 10.2. The summed E-state index contributed by atoms with van der Waals surface area (Å²) in [6.07, 6.45) is 3.77. The molecule has 0 aliphatic rings. The monoisotopic (exact) mass is 137 g/mol. The second-order valence-electron chi connectivity index (χ2n) is 2.77. The predicted molar refractivity (Wildman–Crippen MR) is 44.1 cm³/mol. The zero-order chi connectivity index (χ0) is 7.40. The maximum absolute atomic E-state index is 3.31. The van der Waals surface area contributed by atoms with Crippen molar-refractivity contribution in [1.82, 2.24) is 4.98 Å². The number of hydrogen-bond donors (Lipinski definition) is 1. The number of unbranched alkanes of at least 4 members (excludes halogenated alkanes) is 1. The molecule has 0 radical (unpaired) electrons. The summed E-state index contributed by atoms with van der Waals surface area (Å²) in [5, 5.41) is 0. The van der Waals surface area contributed by atoms with E-state index in [2.05, 4.69) is 31.0 Å². The highest BCUT2D eigenvalue weighted by Gasteiger charge is 1.92. The molecule has 56 valence electrons. The fraction of sp³-hybridized carbons (Fsp3) is 0.556. The van der Waals surface area contributed by atoms with Crippen molar-refractivity contribution in [3.63, 3.8) is 0 Å². The third-order valence-electron chi connectivity index (χ3n) is 1.69. The molecule has 1 heteroatoms. The summed E-state index contributed by atoms with van der Waals surface area (Å²) < 4.78 is 0. The lowest BCUT2D eigenvalue weighted by Gasteiger charge is -1.92. The van der Waals surface area contributed by atoms with Gasteiger partial charge < -0.3 is 4.98 Å². The molecule has 10 heavy (non-hydrogen) atoms. The Bertz CT molecular complexity index is 188. The van der Waals surface area contributed by atoms with Gasteiger partial charge in [0.1, 0.15) is 0 Å². The maximum Gasteiger partial charge on any atom is 0.0149 e. The second kappa shape index (κ2) is 3.45. The van der Waals surface area contributed by atoms with E-state index in [1.807, 2.05) is 0 Å². The Morgan fingerprint density at radius 1 is 1.40 bits per heavy atom. The van der Waals surface area contributed by atoms with Crippen LogP contribution in [0.15, 0.2) is 12.1 Å². The quantitative estimate of drug-likeness (QED) is 0.659. The SMILES string of the molecule is CCCCc1ccc(C)[nH]1. The van der Waals surface area contributed by atoms with E-state index in [-0.39, 0.29) is 0 Å². The minimum Gasteiger partial charge on any atom is -0.363 e. The first-order chi connectivity index (χ1) is 4.83. The molecule has 0 unspecified atom stereocenters. The molecular weight excluding hydrogens is 122 g/mol. The molecule has 0 atom stereocenters. The molecule has 0 aliphatic heterocycles. The van der Waals surface area contributed by atoms with Crippen molar-refractivity contribution in [2.45, 2.75) is 33.1 Å². The molecule has 1 N–H and O–H groups in total. The summed E-state index contributed by atoms with van der Waals surface area (Å²) in [6.45, 7) is 4.31. The number of aromatic amines is 1. The molecule has 1 aromatic heterocycles. The van der Waals surface area contributed by atoms with E-state index in [1.165, 1.54) is 30.7 Å². The van der Waals surface area contributed by atoms with Crippen LogP contribution in [0.2, 0.25) is 0 Å². The number of H-pyrrole nitrogens is 1. The third kappa shape index (κ3) is 1.90. The van der Waals surface area contributed by atoms with E-state index in [9.17, 15) is 0 Å². The third-order valence-corrected chi connectivity index (χ3v) is 1.69. The fourth-order valence-corrected chi connectivity index (χ4v) is 1.08. The molecule has 0 saturated heterocycles. The summed E-state index contributed by atoms with van der Waals surface area (Å²) in [5.41, 5.74) is 2.64. The molecule has 0 aromatic carbocycles. The lowest BCUT2D eigenvalue weighted by Crippen LogP contribution is -1.83. The Hall–Kier alpha value is -0.720. The van der Waals surface area contributed by atoms with E-state index in [0.717, 1.165) is 0 Å². The molecular formula is C9H15N. The van der Waals surface area contributed by atoms with E-state index in [0.29, 0.717) is 0 Å². The molecule has 1 nitrogen and oxygen atoms in total. The average molecular weight is 137 g/mol. The summed E-state index contributed by atoms with van der Waals surface area (Å²) in [6, 6.07) is 4.30. The summed E-state index contributed by atoms with van der Waals surface area (Å²) in [4.78, 5) is 3.31. The van der Waals surface area contributed by atoms with Gasteiger partial charge in [-0.3, -0.25) is 0 Å². The van der Waals surface area contributed by atoms with Gasteiger partial charge in [-0.05, 0) is 31.9 Å². The first-order valence-corrected chi connectivity index (χ1v) is 3.97.